The standard InChI is InChI=1S/C10H18/c1-3-4-10-7-5-9(2)6-8-10/h5,7,9-10H,3-4,6,8H2,1-2H3. The number of hydrogen-bond donors (Lipinski definition) is 0. The fourth-order valence-corrected chi connectivity index (χ4v) is 1.63. The Labute approximate surface area is 64.3 Å². The predicted octanol–water partition coefficient (Wildman–Crippen LogP) is 3.39. The lowest BCUT2D eigenvalue weighted by Crippen LogP contribution is -2.05. The molecule has 1 aliphatic carbocycles. The summed E-state index contributed by atoms with van der Waals surface area (Å²) in [6.45, 7) is 4.57. The molecule has 0 radical (unpaired) electrons. The van der Waals surface area contributed by atoms with Gasteiger partial charge in [0.25, 0.3) is 0 Å². The summed E-state index contributed by atoms with van der Waals surface area (Å²) in [6.07, 6.45) is 10.3. The molecule has 0 aliphatic heterocycles. The lowest BCUT2D eigenvalue weighted by molar-refractivity contribution is 0.450. The van der Waals surface area contributed by atoms with E-state index in [1.54, 1.807) is 0 Å². The van der Waals surface area contributed by atoms with Gasteiger partial charge in [0.15, 0.2) is 0 Å². The molecule has 0 fully saturated rings. The van der Waals surface area contributed by atoms with Gasteiger partial charge < -0.3 is 0 Å². The highest BCUT2D eigenvalue weighted by molar-refractivity contribution is 4.96. The Morgan fingerprint density at radius 2 is 2.10 bits per heavy atom. The largest absolute Gasteiger partial charge is 0.0854 e. The maximum atomic E-state index is 2.41. The molecular formula is C10H18. The lowest BCUT2D eigenvalue weighted by atomic mass is 9.87. The third kappa shape index (κ3) is 2.17. The number of rotatable bonds is 2. The molecule has 0 heteroatoms. The Kier molecular flexibility index (Phi) is 2.98. The molecule has 1 rings (SSSR count). The quantitative estimate of drug-likeness (QED) is 0.513. The van der Waals surface area contributed by atoms with Crippen LogP contribution in [0.4, 0.5) is 0 Å². The van der Waals surface area contributed by atoms with Crippen molar-refractivity contribution in [3.8, 4) is 0 Å². The Balaban J connectivity index is 2.30. The van der Waals surface area contributed by atoms with Crippen LogP contribution in [0.5, 0.6) is 0 Å². The van der Waals surface area contributed by atoms with E-state index in [2.05, 4.69) is 26.0 Å². The fourth-order valence-electron chi connectivity index (χ4n) is 1.63. The molecule has 1 aliphatic rings. The Hall–Kier alpha value is -0.260. The smallest absolute Gasteiger partial charge is 0.0233 e. The fraction of sp³-hybridized carbons (Fsp3) is 0.800. The Bertz CT molecular complexity index is 113. The van der Waals surface area contributed by atoms with Crippen molar-refractivity contribution in [1.29, 1.82) is 0 Å². The van der Waals surface area contributed by atoms with Gasteiger partial charge >= 0.3 is 0 Å². The van der Waals surface area contributed by atoms with Crippen LogP contribution in [-0.4, -0.2) is 0 Å². The third-order valence-corrected chi connectivity index (χ3v) is 2.36. The molecule has 0 N–H and O–H groups in total. The van der Waals surface area contributed by atoms with E-state index in [1.807, 2.05) is 0 Å². The highest BCUT2D eigenvalue weighted by Crippen LogP contribution is 2.24. The van der Waals surface area contributed by atoms with Gasteiger partial charge in [0.1, 0.15) is 0 Å². The second-order valence-corrected chi connectivity index (χ2v) is 3.49. The molecule has 0 aromatic rings. The maximum absolute atomic E-state index is 2.41. The molecule has 0 saturated carbocycles. The van der Waals surface area contributed by atoms with Crippen LogP contribution in [0.2, 0.25) is 0 Å². The van der Waals surface area contributed by atoms with Crippen molar-refractivity contribution >= 4 is 0 Å². The van der Waals surface area contributed by atoms with E-state index in [0.29, 0.717) is 0 Å². The zero-order chi connectivity index (χ0) is 7.40. The molecule has 58 valence electrons. The molecular weight excluding hydrogens is 120 g/mol. The minimum Gasteiger partial charge on any atom is -0.0854 e. The first-order valence-corrected chi connectivity index (χ1v) is 4.51. The van der Waals surface area contributed by atoms with Gasteiger partial charge in [-0.1, -0.05) is 32.4 Å². The summed E-state index contributed by atoms with van der Waals surface area (Å²) >= 11 is 0. The summed E-state index contributed by atoms with van der Waals surface area (Å²) in [5.41, 5.74) is 0. The molecule has 0 aromatic carbocycles. The van der Waals surface area contributed by atoms with Gasteiger partial charge in [-0.2, -0.15) is 0 Å². The second kappa shape index (κ2) is 3.80. The van der Waals surface area contributed by atoms with Crippen LogP contribution < -0.4 is 0 Å². The molecule has 2 atom stereocenters. The van der Waals surface area contributed by atoms with Crippen LogP contribution in [-0.2, 0) is 0 Å². The molecule has 0 aromatic heterocycles. The monoisotopic (exact) mass is 138 g/mol. The van der Waals surface area contributed by atoms with Crippen LogP contribution in [0.15, 0.2) is 12.2 Å². The summed E-state index contributed by atoms with van der Waals surface area (Å²) in [5, 5.41) is 0. The minimum atomic E-state index is 0.841. The van der Waals surface area contributed by atoms with Crippen molar-refractivity contribution in [2.45, 2.75) is 39.5 Å². The van der Waals surface area contributed by atoms with E-state index in [1.165, 1.54) is 25.7 Å². The molecule has 0 bridgehead atoms. The van der Waals surface area contributed by atoms with Gasteiger partial charge in [0.05, 0.1) is 0 Å². The molecule has 0 saturated heterocycles. The minimum absolute atomic E-state index is 0.841. The Morgan fingerprint density at radius 3 is 2.60 bits per heavy atom. The highest BCUT2D eigenvalue weighted by atomic mass is 14.2. The van der Waals surface area contributed by atoms with Crippen LogP contribution in [0, 0.1) is 11.8 Å². The number of allylic oxidation sites excluding steroid dienone is 2. The molecule has 0 amide bonds. The first-order valence-electron chi connectivity index (χ1n) is 4.51. The summed E-state index contributed by atoms with van der Waals surface area (Å²) in [7, 11) is 0. The summed E-state index contributed by atoms with van der Waals surface area (Å²) < 4.78 is 0. The summed E-state index contributed by atoms with van der Waals surface area (Å²) in [5.74, 6) is 1.74. The van der Waals surface area contributed by atoms with Crippen LogP contribution >= 0.6 is 0 Å². The highest BCUT2D eigenvalue weighted by Gasteiger charge is 2.10. The van der Waals surface area contributed by atoms with E-state index in [-0.39, 0.29) is 0 Å². The van der Waals surface area contributed by atoms with Gasteiger partial charge in [-0.05, 0) is 31.1 Å². The summed E-state index contributed by atoms with van der Waals surface area (Å²) in [4.78, 5) is 0. The normalized spacial score (nSPS) is 32.6. The van der Waals surface area contributed by atoms with Crippen LogP contribution in [0.3, 0.4) is 0 Å². The SMILES string of the molecule is CCCC1C=CC(C)CC1. The van der Waals surface area contributed by atoms with Crippen molar-refractivity contribution in [3.05, 3.63) is 12.2 Å². The van der Waals surface area contributed by atoms with Gasteiger partial charge in [0, 0.05) is 0 Å². The molecule has 0 heterocycles. The Morgan fingerprint density at radius 1 is 1.30 bits per heavy atom. The molecule has 0 spiro atoms. The molecule has 0 nitrogen and oxygen atoms in total. The average Bonchev–Trinajstić information content (AvgIpc) is 1.95. The number of hydrogen-bond acceptors (Lipinski definition) is 0. The zero-order valence-corrected chi connectivity index (χ0v) is 7.14. The van der Waals surface area contributed by atoms with Gasteiger partial charge in [-0.25, -0.2) is 0 Å². The first-order chi connectivity index (χ1) is 4.83. The zero-order valence-electron chi connectivity index (χ0n) is 7.14. The third-order valence-electron chi connectivity index (χ3n) is 2.36. The van der Waals surface area contributed by atoms with Crippen molar-refractivity contribution in [2.24, 2.45) is 11.8 Å². The van der Waals surface area contributed by atoms with Crippen molar-refractivity contribution in [2.75, 3.05) is 0 Å². The van der Waals surface area contributed by atoms with Crippen LogP contribution in [0.25, 0.3) is 0 Å². The van der Waals surface area contributed by atoms with Crippen LogP contribution in [0.1, 0.15) is 39.5 Å². The summed E-state index contributed by atoms with van der Waals surface area (Å²) in [6, 6.07) is 0. The lowest BCUT2D eigenvalue weighted by Gasteiger charge is -2.19. The van der Waals surface area contributed by atoms with Gasteiger partial charge in [-0.3, -0.25) is 0 Å². The van der Waals surface area contributed by atoms with Crippen molar-refractivity contribution < 1.29 is 0 Å². The second-order valence-electron chi connectivity index (χ2n) is 3.49. The van der Waals surface area contributed by atoms with Crippen molar-refractivity contribution in [3.63, 3.8) is 0 Å². The van der Waals surface area contributed by atoms with Gasteiger partial charge in [-0.15, -0.1) is 0 Å². The van der Waals surface area contributed by atoms with E-state index >= 15 is 0 Å². The topological polar surface area (TPSA) is 0 Å². The maximum Gasteiger partial charge on any atom is -0.0233 e. The molecule has 2 unspecified atom stereocenters. The van der Waals surface area contributed by atoms with E-state index in [4.69, 9.17) is 0 Å². The van der Waals surface area contributed by atoms with Gasteiger partial charge in [0.2, 0.25) is 0 Å². The average molecular weight is 138 g/mol. The van der Waals surface area contributed by atoms with E-state index in [0.717, 1.165) is 11.8 Å². The molecule has 10 heavy (non-hydrogen) atoms. The van der Waals surface area contributed by atoms with Crippen molar-refractivity contribution in [1.82, 2.24) is 0 Å². The van der Waals surface area contributed by atoms with E-state index in [9.17, 15) is 0 Å². The van der Waals surface area contributed by atoms with E-state index < -0.39 is 0 Å². The first kappa shape index (κ1) is 7.84. The predicted molar refractivity (Wildman–Crippen MR) is 45.9 cm³/mol.